The third-order valence-corrected chi connectivity index (χ3v) is 4.38. The summed E-state index contributed by atoms with van der Waals surface area (Å²) in [6, 6.07) is 8.17. The Hall–Kier alpha value is -1.68. The molecular formula is C17H23N3O. The summed E-state index contributed by atoms with van der Waals surface area (Å²) in [5, 5.41) is 4.22. The summed E-state index contributed by atoms with van der Waals surface area (Å²) in [7, 11) is 0. The first-order valence-corrected chi connectivity index (χ1v) is 7.96. The van der Waals surface area contributed by atoms with E-state index in [1.54, 1.807) is 0 Å². The molecule has 0 radical (unpaired) electrons. The summed E-state index contributed by atoms with van der Waals surface area (Å²) in [5.74, 6) is 2.09. The zero-order valence-corrected chi connectivity index (χ0v) is 12.4. The van der Waals surface area contributed by atoms with E-state index in [9.17, 15) is 0 Å². The molecule has 4 nitrogen and oxygen atoms in total. The van der Waals surface area contributed by atoms with Crippen LogP contribution in [0.5, 0.6) is 0 Å². The predicted octanol–water partition coefficient (Wildman–Crippen LogP) is 3.56. The van der Waals surface area contributed by atoms with Gasteiger partial charge in [0.05, 0.1) is 6.42 Å². The second-order valence-electron chi connectivity index (χ2n) is 5.88. The van der Waals surface area contributed by atoms with E-state index in [0.717, 1.165) is 11.4 Å². The third kappa shape index (κ3) is 3.50. The minimum atomic E-state index is 0.481. The molecule has 0 saturated heterocycles. The van der Waals surface area contributed by atoms with Crippen molar-refractivity contribution in [2.45, 2.75) is 57.4 Å². The number of nitrogens with two attached hydrogens (primary N) is 1. The zero-order chi connectivity index (χ0) is 14.5. The van der Waals surface area contributed by atoms with Crippen LogP contribution in [0.4, 0.5) is 0 Å². The number of nitrogens with zero attached hydrogens (tertiary/aromatic N) is 2. The molecule has 0 atom stereocenters. The second kappa shape index (κ2) is 6.85. The van der Waals surface area contributed by atoms with Gasteiger partial charge >= 0.3 is 0 Å². The summed E-state index contributed by atoms with van der Waals surface area (Å²) in [6.45, 7) is 0.541. The van der Waals surface area contributed by atoms with Crippen LogP contribution in [-0.4, -0.2) is 10.1 Å². The maximum atomic E-state index is 5.78. The highest BCUT2D eigenvalue weighted by Crippen LogP contribution is 2.30. The molecule has 21 heavy (non-hydrogen) atoms. The summed E-state index contributed by atoms with van der Waals surface area (Å²) in [5.41, 5.74) is 8.10. The van der Waals surface area contributed by atoms with Crippen molar-refractivity contribution < 1.29 is 4.52 Å². The van der Waals surface area contributed by atoms with Gasteiger partial charge in [0.1, 0.15) is 0 Å². The molecule has 3 rings (SSSR count). The molecule has 0 spiro atoms. The lowest BCUT2D eigenvalue weighted by molar-refractivity contribution is 0.372. The van der Waals surface area contributed by atoms with Crippen LogP contribution in [0.3, 0.4) is 0 Å². The Balaban J connectivity index is 1.72. The Bertz CT molecular complexity index is 571. The number of rotatable bonds is 4. The van der Waals surface area contributed by atoms with Crippen molar-refractivity contribution in [2.24, 2.45) is 5.73 Å². The second-order valence-corrected chi connectivity index (χ2v) is 5.88. The molecule has 2 aromatic rings. The fourth-order valence-corrected chi connectivity index (χ4v) is 3.14. The predicted molar refractivity (Wildman–Crippen MR) is 81.9 cm³/mol. The van der Waals surface area contributed by atoms with Crippen LogP contribution in [0.15, 0.2) is 28.8 Å². The minimum Gasteiger partial charge on any atom is -0.339 e. The molecule has 0 bridgehead atoms. The molecule has 1 fully saturated rings. The van der Waals surface area contributed by atoms with Crippen LogP contribution >= 0.6 is 0 Å². The van der Waals surface area contributed by atoms with E-state index in [2.05, 4.69) is 22.3 Å². The topological polar surface area (TPSA) is 64.9 Å². The first-order chi connectivity index (χ1) is 10.4. The van der Waals surface area contributed by atoms with E-state index in [1.807, 2.05) is 12.1 Å². The molecule has 0 amide bonds. The van der Waals surface area contributed by atoms with Crippen molar-refractivity contribution in [3.63, 3.8) is 0 Å². The van der Waals surface area contributed by atoms with Gasteiger partial charge in [-0.2, -0.15) is 4.98 Å². The monoisotopic (exact) mass is 285 g/mol. The minimum absolute atomic E-state index is 0.481. The quantitative estimate of drug-likeness (QED) is 0.872. The lowest BCUT2D eigenvalue weighted by atomic mass is 10.00. The van der Waals surface area contributed by atoms with Crippen molar-refractivity contribution in [2.75, 3.05) is 0 Å². The van der Waals surface area contributed by atoms with E-state index in [-0.39, 0.29) is 0 Å². The van der Waals surface area contributed by atoms with E-state index < -0.39 is 0 Å². The van der Waals surface area contributed by atoms with Gasteiger partial charge < -0.3 is 10.3 Å². The molecule has 1 aromatic heterocycles. The van der Waals surface area contributed by atoms with Crippen molar-refractivity contribution in [3.8, 4) is 0 Å². The molecule has 0 aliphatic heterocycles. The highest BCUT2D eigenvalue weighted by Gasteiger charge is 2.20. The number of hydrogen-bond acceptors (Lipinski definition) is 4. The van der Waals surface area contributed by atoms with Gasteiger partial charge in [-0.1, -0.05) is 55.1 Å². The third-order valence-electron chi connectivity index (χ3n) is 4.38. The van der Waals surface area contributed by atoms with E-state index in [4.69, 9.17) is 10.3 Å². The first-order valence-electron chi connectivity index (χ1n) is 7.96. The van der Waals surface area contributed by atoms with Gasteiger partial charge in [0.15, 0.2) is 5.82 Å². The summed E-state index contributed by atoms with van der Waals surface area (Å²) < 4.78 is 5.46. The van der Waals surface area contributed by atoms with Crippen LogP contribution < -0.4 is 5.73 Å². The van der Waals surface area contributed by atoms with Crippen molar-refractivity contribution in [1.29, 1.82) is 0 Å². The van der Waals surface area contributed by atoms with Crippen LogP contribution in [-0.2, 0) is 13.0 Å². The molecule has 2 N–H and O–H groups in total. The molecule has 1 aromatic carbocycles. The molecule has 112 valence electrons. The molecular weight excluding hydrogens is 262 g/mol. The Labute approximate surface area is 125 Å². The fraction of sp³-hybridized carbons (Fsp3) is 0.529. The van der Waals surface area contributed by atoms with Crippen LogP contribution in [0.1, 0.15) is 67.3 Å². The normalized spacial score (nSPS) is 16.8. The highest BCUT2D eigenvalue weighted by atomic mass is 16.5. The largest absolute Gasteiger partial charge is 0.339 e. The molecule has 1 aliphatic rings. The maximum absolute atomic E-state index is 5.78. The number of hydrogen-bond donors (Lipinski definition) is 1. The Morgan fingerprint density at radius 1 is 1.05 bits per heavy atom. The van der Waals surface area contributed by atoms with E-state index >= 15 is 0 Å². The SMILES string of the molecule is NCc1ccccc1Cc1nc(C2CCCCCC2)no1. The van der Waals surface area contributed by atoms with E-state index in [1.165, 1.54) is 44.1 Å². The van der Waals surface area contributed by atoms with Gasteiger partial charge in [-0.25, -0.2) is 0 Å². The Kier molecular flexibility index (Phi) is 4.65. The van der Waals surface area contributed by atoms with Gasteiger partial charge in [0.25, 0.3) is 0 Å². The first kappa shape index (κ1) is 14.3. The molecule has 4 heteroatoms. The fourth-order valence-electron chi connectivity index (χ4n) is 3.14. The van der Waals surface area contributed by atoms with Crippen LogP contribution in [0.25, 0.3) is 0 Å². The number of aromatic nitrogens is 2. The summed E-state index contributed by atoms with van der Waals surface area (Å²) in [4.78, 5) is 4.63. The number of benzene rings is 1. The van der Waals surface area contributed by atoms with E-state index in [0.29, 0.717) is 24.8 Å². The zero-order valence-electron chi connectivity index (χ0n) is 12.4. The maximum Gasteiger partial charge on any atom is 0.231 e. The van der Waals surface area contributed by atoms with Gasteiger partial charge in [0.2, 0.25) is 5.89 Å². The standard InChI is InChI=1S/C17H23N3O/c18-12-15-10-6-5-9-14(15)11-16-19-17(20-21-16)13-7-3-1-2-4-8-13/h5-6,9-10,13H,1-4,7-8,11-12,18H2. The molecule has 1 heterocycles. The van der Waals surface area contributed by atoms with Crippen molar-refractivity contribution in [3.05, 3.63) is 47.1 Å². The Morgan fingerprint density at radius 3 is 2.48 bits per heavy atom. The van der Waals surface area contributed by atoms with Crippen molar-refractivity contribution >= 4 is 0 Å². The van der Waals surface area contributed by atoms with Gasteiger partial charge in [-0.3, -0.25) is 0 Å². The lowest BCUT2D eigenvalue weighted by Crippen LogP contribution is -2.03. The molecule has 0 unspecified atom stereocenters. The van der Waals surface area contributed by atoms with Crippen LogP contribution in [0.2, 0.25) is 0 Å². The van der Waals surface area contributed by atoms with Gasteiger partial charge in [0, 0.05) is 12.5 Å². The van der Waals surface area contributed by atoms with Crippen LogP contribution in [0, 0.1) is 0 Å². The lowest BCUT2D eigenvalue weighted by Gasteiger charge is -2.07. The van der Waals surface area contributed by atoms with Crippen molar-refractivity contribution in [1.82, 2.24) is 10.1 Å². The Morgan fingerprint density at radius 2 is 1.76 bits per heavy atom. The van der Waals surface area contributed by atoms with Gasteiger partial charge in [-0.15, -0.1) is 0 Å². The smallest absolute Gasteiger partial charge is 0.231 e. The summed E-state index contributed by atoms with van der Waals surface area (Å²) in [6.07, 6.45) is 8.30. The van der Waals surface area contributed by atoms with Gasteiger partial charge in [-0.05, 0) is 24.0 Å². The molecule has 1 aliphatic carbocycles. The average molecular weight is 285 g/mol. The summed E-state index contributed by atoms with van der Waals surface area (Å²) >= 11 is 0. The highest BCUT2D eigenvalue weighted by molar-refractivity contribution is 5.29. The average Bonchev–Trinajstić information content (AvgIpc) is 2.81. The molecule has 1 saturated carbocycles.